The minimum Gasteiger partial charge on any atom is -0.421 e. The van der Waals surface area contributed by atoms with Gasteiger partial charge in [0.15, 0.2) is 32.8 Å². The van der Waals surface area contributed by atoms with Crippen molar-refractivity contribution in [3.8, 4) is 0 Å². The Kier molecular flexibility index (Phi) is 7.19. The Bertz CT molecular complexity index is 664. The van der Waals surface area contributed by atoms with Gasteiger partial charge in [-0.1, -0.05) is 17.9 Å². The van der Waals surface area contributed by atoms with E-state index in [2.05, 4.69) is 16.7 Å². The van der Waals surface area contributed by atoms with Crippen LogP contribution in [0.4, 0.5) is 26.3 Å². The number of alkyl halides is 6. The van der Waals surface area contributed by atoms with Crippen LogP contribution >= 0.6 is 11.3 Å². The zero-order chi connectivity index (χ0) is 18.5. The first-order chi connectivity index (χ1) is 10.1. The molecule has 1 aromatic rings. The maximum atomic E-state index is 11.4. The molecule has 0 atom stereocenters. The van der Waals surface area contributed by atoms with Gasteiger partial charge >= 0.3 is 11.0 Å². The molecule has 0 unspecified atom stereocenters. The first-order valence-corrected chi connectivity index (χ1v) is 8.85. The molecule has 0 fully saturated rings. The van der Waals surface area contributed by atoms with Gasteiger partial charge < -0.3 is 4.13 Å². The molecule has 15 heteroatoms. The lowest BCUT2D eigenvalue weighted by molar-refractivity contribution is -0.682. The Hall–Kier alpha value is -1.19. The Labute approximate surface area is 131 Å². The van der Waals surface area contributed by atoms with Crippen molar-refractivity contribution < 1.29 is 47.7 Å². The summed E-state index contributed by atoms with van der Waals surface area (Å²) in [5.74, 6) is 0. The first-order valence-electron chi connectivity index (χ1n) is 5.03. The van der Waals surface area contributed by atoms with E-state index >= 15 is 0 Å². The Morgan fingerprint density at radius 2 is 1.48 bits per heavy atom. The summed E-state index contributed by atoms with van der Waals surface area (Å²) >= 11 is 1.69. The van der Waals surface area contributed by atoms with Gasteiger partial charge in [0.25, 0.3) is 0 Å². The topological polar surface area (TPSA) is 86.3 Å². The van der Waals surface area contributed by atoms with Crippen molar-refractivity contribution in [2.24, 2.45) is 0 Å². The molecule has 0 N–H and O–H groups in total. The zero-order valence-electron chi connectivity index (χ0n) is 10.7. The van der Waals surface area contributed by atoms with Crippen LogP contribution in [0.25, 0.3) is 4.13 Å². The van der Waals surface area contributed by atoms with Crippen LogP contribution in [0, 0.1) is 0 Å². The van der Waals surface area contributed by atoms with Gasteiger partial charge in [-0.2, -0.15) is 30.9 Å². The van der Waals surface area contributed by atoms with Gasteiger partial charge in [-0.3, -0.25) is 0 Å². The van der Waals surface area contributed by atoms with Gasteiger partial charge in [-0.25, -0.2) is 16.8 Å². The first kappa shape index (κ1) is 21.8. The van der Waals surface area contributed by atoms with Crippen molar-refractivity contribution in [3.63, 3.8) is 0 Å². The quantitative estimate of drug-likeness (QED) is 0.436. The van der Waals surface area contributed by atoms with E-state index in [4.69, 9.17) is 0 Å². The number of allylic oxidation sites excluding steroid dienone is 1. The molecule has 1 heterocycles. The predicted molar refractivity (Wildman–Crippen MR) is 68.0 cm³/mol. The van der Waals surface area contributed by atoms with Crippen LogP contribution in [0.3, 0.4) is 0 Å². The molecule has 0 aliphatic rings. The number of rotatable bonds is 4. The predicted octanol–water partition coefficient (Wildman–Crippen LogP) is 2.28. The molecule has 0 spiro atoms. The normalized spacial score (nSPS) is 13.1. The Balaban J connectivity index is 0.000000502. The molecule has 6 nitrogen and oxygen atoms in total. The number of hydrogen-bond acceptors (Lipinski definition) is 5. The van der Waals surface area contributed by atoms with Crippen molar-refractivity contribution in [1.29, 1.82) is 0 Å². The number of aromatic nitrogens is 1. The second-order valence-corrected chi connectivity index (χ2v) is 7.61. The molecule has 0 aliphatic carbocycles. The summed E-state index contributed by atoms with van der Waals surface area (Å²) in [5.41, 5.74) is -10.3. The van der Waals surface area contributed by atoms with Crippen LogP contribution in [0.15, 0.2) is 29.7 Å². The van der Waals surface area contributed by atoms with E-state index in [1.54, 1.807) is 11.3 Å². The average molecular weight is 406 g/mol. The molecular formula is C8H8F6N2O4S3. The van der Waals surface area contributed by atoms with Crippen molar-refractivity contribution in [2.75, 3.05) is 0 Å². The highest BCUT2D eigenvalue weighted by molar-refractivity contribution is 8.13. The van der Waals surface area contributed by atoms with Gasteiger partial charge in [0.05, 0.1) is 5.38 Å². The molecule has 23 heavy (non-hydrogen) atoms. The summed E-state index contributed by atoms with van der Waals surface area (Å²) in [5, 5.41) is 2.05. The second kappa shape index (κ2) is 7.59. The van der Waals surface area contributed by atoms with Crippen LogP contribution in [0.2, 0.25) is 0 Å². The van der Waals surface area contributed by atoms with Gasteiger partial charge in [-0.15, -0.1) is 0 Å². The number of halogens is 6. The standard InChI is InChI=1S/C6H8NS.C2F6NO4S2/c1-2-3-7-4-5-8-6-7;3-1(4,5)14(10,11)9-15(12,13)2(6,7)8/h2,4-6H,1,3H2;/q+1;-1. The summed E-state index contributed by atoms with van der Waals surface area (Å²) in [7, 11) is -13.4. The monoisotopic (exact) mass is 406 g/mol. The van der Waals surface area contributed by atoms with Crippen molar-refractivity contribution in [1.82, 2.24) is 0 Å². The molecular weight excluding hydrogens is 398 g/mol. The van der Waals surface area contributed by atoms with E-state index in [-0.39, 0.29) is 0 Å². The highest BCUT2D eigenvalue weighted by atomic mass is 32.3. The Morgan fingerprint density at radius 1 is 1.04 bits per heavy atom. The van der Waals surface area contributed by atoms with E-state index in [9.17, 15) is 43.2 Å². The highest BCUT2D eigenvalue weighted by Gasteiger charge is 2.46. The number of sulfonamides is 2. The van der Waals surface area contributed by atoms with E-state index in [1.165, 1.54) is 0 Å². The van der Waals surface area contributed by atoms with Crippen LogP contribution in [-0.4, -0.2) is 27.9 Å². The molecule has 0 saturated heterocycles. The molecule has 0 saturated carbocycles. The van der Waals surface area contributed by atoms with E-state index in [0.717, 1.165) is 10.7 Å². The highest BCUT2D eigenvalue weighted by Crippen LogP contribution is 2.36. The lowest BCUT2D eigenvalue weighted by Crippen LogP contribution is -2.30. The summed E-state index contributed by atoms with van der Waals surface area (Å²) < 4.78 is 111. The van der Waals surface area contributed by atoms with Gasteiger partial charge in [-0.05, 0) is 6.08 Å². The van der Waals surface area contributed by atoms with Crippen LogP contribution < -0.4 is 4.57 Å². The summed E-state index contributed by atoms with van der Waals surface area (Å²) in [4.78, 5) is 0. The lowest BCUT2D eigenvalue weighted by atomic mass is 10.6. The summed E-state index contributed by atoms with van der Waals surface area (Å²) in [6.45, 7) is 4.54. The fraction of sp³-hybridized carbons (Fsp3) is 0.375. The largest absolute Gasteiger partial charge is 0.480 e. The minimum atomic E-state index is -6.72. The number of hydrogen-bond donors (Lipinski definition) is 0. The second-order valence-electron chi connectivity index (χ2n) is 3.43. The number of nitrogens with zero attached hydrogens (tertiary/aromatic N) is 2. The lowest BCUT2D eigenvalue weighted by Gasteiger charge is -2.22. The molecule has 0 amide bonds. The molecule has 1 rings (SSSR count). The van der Waals surface area contributed by atoms with Crippen LogP contribution in [0.5, 0.6) is 0 Å². The fourth-order valence-electron chi connectivity index (χ4n) is 0.728. The van der Waals surface area contributed by atoms with Gasteiger partial charge in [0.1, 0.15) is 0 Å². The smallest absolute Gasteiger partial charge is 0.421 e. The maximum absolute atomic E-state index is 11.4. The van der Waals surface area contributed by atoms with Gasteiger partial charge in [0.2, 0.25) is 5.51 Å². The third-order valence-electron chi connectivity index (χ3n) is 1.65. The average Bonchev–Trinajstić information content (AvgIpc) is 2.78. The van der Waals surface area contributed by atoms with E-state index < -0.39 is 31.1 Å². The minimum absolute atomic E-state index is 0.778. The van der Waals surface area contributed by atoms with E-state index in [1.807, 2.05) is 17.7 Å². The SMILES string of the molecule is C=CC[n+]1ccsc1.O=S(=O)([N-]S(=O)(=O)C(F)(F)F)C(F)(F)F. The third kappa shape index (κ3) is 6.84. The fourth-order valence-corrected chi connectivity index (χ4v) is 3.05. The van der Waals surface area contributed by atoms with Gasteiger partial charge in [0, 0.05) is 0 Å². The third-order valence-corrected chi connectivity index (χ3v) is 5.06. The molecule has 0 radical (unpaired) electrons. The van der Waals surface area contributed by atoms with Crippen LogP contribution in [0.1, 0.15) is 0 Å². The molecule has 0 aromatic carbocycles. The zero-order valence-corrected chi connectivity index (χ0v) is 13.2. The van der Waals surface area contributed by atoms with Crippen molar-refractivity contribution in [2.45, 2.75) is 17.6 Å². The molecule has 1 aromatic heterocycles. The number of thiazole rings is 1. The summed E-state index contributed by atoms with van der Waals surface area (Å²) in [6.07, 6.45) is 3.92. The maximum Gasteiger partial charge on any atom is 0.480 e. The van der Waals surface area contributed by atoms with Crippen molar-refractivity contribution >= 4 is 31.4 Å². The molecule has 0 aliphatic heterocycles. The molecule has 0 bridgehead atoms. The summed E-state index contributed by atoms with van der Waals surface area (Å²) in [6, 6.07) is 0. The van der Waals surface area contributed by atoms with Crippen molar-refractivity contribution in [3.05, 3.63) is 33.9 Å². The van der Waals surface area contributed by atoms with Crippen LogP contribution in [-0.2, 0) is 26.6 Å². The molecule has 134 valence electrons. The Morgan fingerprint density at radius 3 is 1.74 bits per heavy atom. The van der Waals surface area contributed by atoms with E-state index in [0.29, 0.717) is 0 Å².